The lowest BCUT2D eigenvalue weighted by Crippen LogP contribution is -2.44. The Labute approximate surface area is 207 Å². The molecule has 0 bridgehead atoms. The number of carbonyl (C=O) groups is 1. The molecule has 0 saturated carbocycles. The number of fused-ring (bicyclic) bond motifs is 1. The number of carbonyl (C=O) groups excluding carboxylic acids is 1. The van der Waals surface area contributed by atoms with Crippen molar-refractivity contribution in [1.82, 2.24) is 19.4 Å². The van der Waals surface area contributed by atoms with Crippen LogP contribution in [0, 0.1) is 6.92 Å². The van der Waals surface area contributed by atoms with E-state index in [-0.39, 0.29) is 19.0 Å². The van der Waals surface area contributed by atoms with Crippen LogP contribution in [0.4, 0.5) is 0 Å². The maximum atomic E-state index is 13.0. The SMILES string of the molecule is COc1ccc(CCNC(=O)Cn2c(=O)c(=O)n(Cc3ccc(C)cc3)c3ncccc32)cc1OC. The molecule has 9 nitrogen and oxygen atoms in total. The highest BCUT2D eigenvalue weighted by Gasteiger charge is 2.16. The van der Waals surface area contributed by atoms with Gasteiger partial charge < -0.3 is 14.8 Å². The Balaban J connectivity index is 1.52. The van der Waals surface area contributed by atoms with Gasteiger partial charge in [-0.25, -0.2) is 4.98 Å². The van der Waals surface area contributed by atoms with Gasteiger partial charge in [0.25, 0.3) is 0 Å². The Bertz CT molecular complexity index is 1510. The molecule has 36 heavy (non-hydrogen) atoms. The molecule has 0 atom stereocenters. The summed E-state index contributed by atoms with van der Waals surface area (Å²) in [7, 11) is 3.13. The molecule has 2 heterocycles. The van der Waals surface area contributed by atoms with Gasteiger partial charge in [-0.2, -0.15) is 0 Å². The molecule has 1 N–H and O–H groups in total. The van der Waals surface area contributed by atoms with Crippen LogP contribution >= 0.6 is 0 Å². The van der Waals surface area contributed by atoms with Gasteiger partial charge in [-0.1, -0.05) is 35.9 Å². The Morgan fingerprint density at radius 1 is 0.917 bits per heavy atom. The molecule has 1 amide bonds. The van der Waals surface area contributed by atoms with Gasteiger partial charge in [-0.3, -0.25) is 23.5 Å². The zero-order valence-electron chi connectivity index (χ0n) is 20.5. The molecule has 186 valence electrons. The van der Waals surface area contributed by atoms with Crippen molar-refractivity contribution in [3.63, 3.8) is 0 Å². The lowest BCUT2D eigenvalue weighted by molar-refractivity contribution is -0.121. The molecule has 4 aromatic rings. The summed E-state index contributed by atoms with van der Waals surface area (Å²) in [4.78, 5) is 43.1. The third-order valence-electron chi connectivity index (χ3n) is 5.93. The number of rotatable bonds is 9. The van der Waals surface area contributed by atoms with E-state index in [1.165, 1.54) is 9.13 Å². The number of pyridine rings is 1. The highest BCUT2D eigenvalue weighted by atomic mass is 16.5. The summed E-state index contributed by atoms with van der Waals surface area (Å²) in [6.07, 6.45) is 2.12. The summed E-state index contributed by atoms with van der Waals surface area (Å²) in [5, 5.41) is 2.82. The van der Waals surface area contributed by atoms with E-state index < -0.39 is 11.1 Å². The Kier molecular flexibility index (Phi) is 7.48. The van der Waals surface area contributed by atoms with E-state index in [9.17, 15) is 14.4 Å². The fourth-order valence-electron chi connectivity index (χ4n) is 4.01. The fourth-order valence-corrected chi connectivity index (χ4v) is 4.01. The van der Waals surface area contributed by atoms with Crippen LogP contribution in [-0.2, 0) is 24.3 Å². The highest BCUT2D eigenvalue weighted by Crippen LogP contribution is 2.27. The first-order chi connectivity index (χ1) is 17.4. The molecule has 0 unspecified atom stereocenters. The number of hydrogen-bond acceptors (Lipinski definition) is 6. The van der Waals surface area contributed by atoms with Crippen molar-refractivity contribution >= 4 is 17.1 Å². The number of nitrogens with zero attached hydrogens (tertiary/aromatic N) is 3. The molecule has 0 aliphatic carbocycles. The molecule has 4 rings (SSSR count). The standard InChI is InChI=1S/C27H28N4O5/c1-18-6-8-20(9-7-18)16-31-25-21(5-4-13-29-25)30(26(33)27(31)34)17-24(32)28-14-12-19-10-11-22(35-2)23(15-19)36-3/h4-11,13,15H,12,14,16-17H2,1-3H3,(H,28,32). The maximum absolute atomic E-state index is 13.0. The second-order valence-corrected chi connectivity index (χ2v) is 8.40. The van der Waals surface area contributed by atoms with Gasteiger partial charge in [-0.15, -0.1) is 0 Å². The number of benzene rings is 2. The van der Waals surface area contributed by atoms with Crippen LogP contribution in [0.1, 0.15) is 16.7 Å². The Hall–Kier alpha value is -4.40. The number of nitrogens with one attached hydrogen (secondary N) is 1. The minimum atomic E-state index is -0.766. The smallest absolute Gasteiger partial charge is 0.318 e. The average Bonchev–Trinajstić information content (AvgIpc) is 2.90. The minimum absolute atomic E-state index is 0.209. The summed E-state index contributed by atoms with van der Waals surface area (Å²) in [5.41, 5.74) is 2.21. The molecule has 9 heteroatoms. The predicted molar refractivity (Wildman–Crippen MR) is 137 cm³/mol. The van der Waals surface area contributed by atoms with Crippen molar-refractivity contribution in [2.24, 2.45) is 0 Å². The number of methoxy groups -OCH3 is 2. The molecule has 0 aliphatic heterocycles. The molecule has 2 aromatic heterocycles. The van der Waals surface area contributed by atoms with Crippen molar-refractivity contribution in [2.75, 3.05) is 20.8 Å². The topological polar surface area (TPSA) is 104 Å². The molecule has 0 spiro atoms. The van der Waals surface area contributed by atoms with Crippen molar-refractivity contribution in [1.29, 1.82) is 0 Å². The van der Waals surface area contributed by atoms with Gasteiger partial charge >= 0.3 is 11.1 Å². The number of aryl methyl sites for hydroxylation is 1. The lowest BCUT2D eigenvalue weighted by Gasteiger charge is -2.14. The first kappa shape index (κ1) is 24.7. The summed E-state index contributed by atoms with van der Waals surface area (Å²) >= 11 is 0. The number of amides is 1. The first-order valence-corrected chi connectivity index (χ1v) is 11.5. The fraction of sp³-hybridized carbons (Fsp3) is 0.259. The van der Waals surface area contributed by atoms with Crippen LogP contribution in [0.5, 0.6) is 11.5 Å². The van der Waals surface area contributed by atoms with E-state index in [1.54, 1.807) is 38.6 Å². The summed E-state index contributed by atoms with van der Waals surface area (Å²) in [6, 6.07) is 16.6. The molecule has 2 aromatic carbocycles. The Morgan fingerprint density at radius 3 is 2.33 bits per heavy atom. The van der Waals surface area contributed by atoms with Gasteiger partial charge in [0.15, 0.2) is 17.1 Å². The largest absolute Gasteiger partial charge is 0.493 e. The zero-order valence-corrected chi connectivity index (χ0v) is 20.5. The van der Waals surface area contributed by atoms with E-state index in [0.29, 0.717) is 35.6 Å². The van der Waals surface area contributed by atoms with Crippen molar-refractivity contribution in [2.45, 2.75) is 26.4 Å². The third-order valence-corrected chi connectivity index (χ3v) is 5.93. The molecular weight excluding hydrogens is 460 g/mol. The second kappa shape index (κ2) is 10.9. The van der Waals surface area contributed by atoms with Crippen LogP contribution in [0.2, 0.25) is 0 Å². The van der Waals surface area contributed by atoms with Crippen molar-refractivity contribution < 1.29 is 14.3 Å². The molecule has 0 radical (unpaired) electrons. The van der Waals surface area contributed by atoms with Crippen LogP contribution in [0.15, 0.2) is 70.4 Å². The first-order valence-electron chi connectivity index (χ1n) is 11.5. The minimum Gasteiger partial charge on any atom is -0.493 e. The van der Waals surface area contributed by atoms with Gasteiger partial charge in [-0.05, 0) is 48.7 Å². The van der Waals surface area contributed by atoms with E-state index in [1.807, 2.05) is 43.3 Å². The number of ether oxygens (including phenoxy) is 2. The lowest BCUT2D eigenvalue weighted by atomic mass is 10.1. The Morgan fingerprint density at radius 2 is 1.61 bits per heavy atom. The van der Waals surface area contributed by atoms with Gasteiger partial charge in [0, 0.05) is 12.7 Å². The normalized spacial score (nSPS) is 10.9. The maximum Gasteiger partial charge on any atom is 0.318 e. The number of aromatic nitrogens is 3. The summed E-state index contributed by atoms with van der Waals surface area (Å²) in [5.74, 6) is 0.860. The third kappa shape index (κ3) is 5.30. The van der Waals surface area contributed by atoms with Crippen LogP contribution < -0.4 is 25.9 Å². The second-order valence-electron chi connectivity index (χ2n) is 8.40. The molecule has 0 aliphatic rings. The van der Waals surface area contributed by atoms with E-state index in [4.69, 9.17) is 9.47 Å². The highest BCUT2D eigenvalue weighted by molar-refractivity contribution is 5.78. The monoisotopic (exact) mass is 488 g/mol. The van der Waals surface area contributed by atoms with Crippen LogP contribution in [0.3, 0.4) is 0 Å². The quantitative estimate of drug-likeness (QED) is 0.363. The molecule has 0 fully saturated rings. The van der Waals surface area contributed by atoms with E-state index >= 15 is 0 Å². The van der Waals surface area contributed by atoms with E-state index in [2.05, 4.69) is 10.3 Å². The van der Waals surface area contributed by atoms with E-state index in [0.717, 1.165) is 16.7 Å². The van der Waals surface area contributed by atoms with Crippen LogP contribution in [0.25, 0.3) is 11.2 Å². The van der Waals surface area contributed by atoms with Crippen LogP contribution in [-0.4, -0.2) is 40.8 Å². The van der Waals surface area contributed by atoms with Crippen molar-refractivity contribution in [3.8, 4) is 11.5 Å². The molecule has 0 saturated heterocycles. The summed E-state index contributed by atoms with van der Waals surface area (Å²) in [6.45, 7) is 2.25. The number of hydrogen-bond donors (Lipinski definition) is 1. The van der Waals surface area contributed by atoms with Gasteiger partial charge in [0.05, 0.1) is 26.3 Å². The zero-order chi connectivity index (χ0) is 25.7. The van der Waals surface area contributed by atoms with Crippen molar-refractivity contribution in [3.05, 3.63) is 98.2 Å². The van der Waals surface area contributed by atoms with Gasteiger partial charge in [0.1, 0.15) is 6.54 Å². The predicted octanol–water partition coefficient (Wildman–Crippen LogP) is 2.29. The average molecular weight is 489 g/mol. The summed E-state index contributed by atoms with van der Waals surface area (Å²) < 4.78 is 13.1. The van der Waals surface area contributed by atoms with Gasteiger partial charge in [0.2, 0.25) is 5.91 Å². The molecular formula is C27H28N4O5.